The minimum Gasteiger partial charge on any atom is -0.497 e. The molecule has 3 N–H and O–H groups in total. The number of nitrogens with one attached hydrogen (secondary N) is 1. The molecule has 0 saturated heterocycles. The number of ether oxygens (including phenoxy) is 1. The van der Waals surface area contributed by atoms with Crippen molar-refractivity contribution in [2.75, 3.05) is 12.4 Å². The smallest absolute Gasteiger partial charge is 0.244 e. The molecule has 1 aliphatic rings. The van der Waals surface area contributed by atoms with Crippen LogP contribution in [0.25, 0.3) is 0 Å². The number of benzene rings is 1. The van der Waals surface area contributed by atoms with Crippen LogP contribution in [0.15, 0.2) is 18.2 Å². The summed E-state index contributed by atoms with van der Waals surface area (Å²) in [6, 6.07) is 5.58. The summed E-state index contributed by atoms with van der Waals surface area (Å²) in [5.41, 5.74) is 7.21. The fraction of sp³-hybridized carbons (Fsp3) is 0.500. The lowest BCUT2D eigenvalue weighted by Gasteiger charge is -2.23. The van der Waals surface area contributed by atoms with Gasteiger partial charge in [-0.2, -0.15) is 0 Å². The van der Waals surface area contributed by atoms with Gasteiger partial charge >= 0.3 is 0 Å². The maximum Gasteiger partial charge on any atom is 0.244 e. The highest BCUT2D eigenvalue weighted by atomic mass is 16.5. The lowest BCUT2D eigenvalue weighted by Crippen LogP contribution is -2.48. The highest BCUT2D eigenvalue weighted by molar-refractivity contribution is 5.98. The number of carbonyl (C=O) groups is 1. The van der Waals surface area contributed by atoms with E-state index in [0.29, 0.717) is 0 Å². The van der Waals surface area contributed by atoms with E-state index in [2.05, 4.69) is 5.32 Å². The summed E-state index contributed by atoms with van der Waals surface area (Å²) < 4.78 is 5.14. The number of methoxy groups -OCH3 is 1. The summed E-state index contributed by atoms with van der Waals surface area (Å²) in [5, 5.41) is 2.92. The van der Waals surface area contributed by atoms with Gasteiger partial charge in [0, 0.05) is 5.69 Å². The Balaban J connectivity index is 2.12. The van der Waals surface area contributed by atoms with Crippen molar-refractivity contribution in [2.45, 2.75) is 38.1 Å². The first-order valence-corrected chi connectivity index (χ1v) is 6.30. The molecule has 0 unspecified atom stereocenters. The molecule has 1 aromatic carbocycles. The number of carbonyl (C=O) groups excluding carboxylic acids is 1. The van der Waals surface area contributed by atoms with Crippen molar-refractivity contribution in [3.8, 4) is 5.75 Å². The summed E-state index contributed by atoms with van der Waals surface area (Å²) in [4.78, 5) is 12.2. The molecule has 0 radical (unpaired) electrons. The standard InChI is InChI=1S/C14H20N2O2/c1-10-9-11(18-2)5-6-12(10)16-13(17)14(15)7-3-4-8-14/h5-6,9H,3-4,7-8,15H2,1-2H3,(H,16,17). The molecule has 0 heterocycles. The first-order valence-electron chi connectivity index (χ1n) is 6.30. The predicted octanol–water partition coefficient (Wildman–Crippen LogP) is 2.21. The van der Waals surface area contributed by atoms with Crippen LogP contribution in [0.5, 0.6) is 5.75 Å². The van der Waals surface area contributed by atoms with E-state index in [4.69, 9.17) is 10.5 Å². The minimum absolute atomic E-state index is 0.0757. The average molecular weight is 248 g/mol. The number of hydrogen-bond acceptors (Lipinski definition) is 3. The largest absolute Gasteiger partial charge is 0.497 e. The normalized spacial score (nSPS) is 17.5. The number of nitrogens with two attached hydrogens (primary N) is 1. The fourth-order valence-electron chi connectivity index (χ4n) is 2.38. The van der Waals surface area contributed by atoms with Crippen molar-refractivity contribution in [1.29, 1.82) is 0 Å². The second kappa shape index (κ2) is 4.98. The van der Waals surface area contributed by atoms with E-state index < -0.39 is 5.54 Å². The SMILES string of the molecule is COc1ccc(NC(=O)C2(N)CCCC2)c(C)c1. The van der Waals surface area contributed by atoms with Gasteiger partial charge in [-0.3, -0.25) is 4.79 Å². The molecule has 1 fully saturated rings. The van der Waals surface area contributed by atoms with Gasteiger partial charge in [0.1, 0.15) is 5.75 Å². The zero-order valence-electron chi connectivity index (χ0n) is 11.0. The van der Waals surface area contributed by atoms with Gasteiger partial charge in [0.15, 0.2) is 0 Å². The Kier molecular flexibility index (Phi) is 3.57. The van der Waals surface area contributed by atoms with Crippen LogP contribution < -0.4 is 15.8 Å². The molecule has 1 aromatic rings. The Morgan fingerprint density at radius 2 is 2.06 bits per heavy atom. The summed E-state index contributed by atoms with van der Waals surface area (Å²) in [6.07, 6.45) is 3.61. The van der Waals surface area contributed by atoms with Crippen molar-refractivity contribution in [1.82, 2.24) is 0 Å². The summed E-state index contributed by atoms with van der Waals surface area (Å²) in [7, 11) is 1.63. The molecule has 1 aliphatic carbocycles. The van der Waals surface area contributed by atoms with Crippen molar-refractivity contribution in [3.05, 3.63) is 23.8 Å². The molecule has 4 nitrogen and oxygen atoms in total. The van der Waals surface area contributed by atoms with Crippen LogP contribution in [0.4, 0.5) is 5.69 Å². The number of hydrogen-bond donors (Lipinski definition) is 2. The molecule has 18 heavy (non-hydrogen) atoms. The topological polar surface area (TPSA) is 64.3 Å². The lowest BCUT2D eigenvalue weighted by molar-refractivity contribution is -0.121. The third-order valence-corrected chi connectivity index (χ3v) is 3.63. The van der Waals surface area contributed by atoms with Gasteiger partial charge in [-0.15, -0.1) is 0 Å². The van der Waals surface area contributed by atoms with Crippen LogP contribution in [0.2, 0.25) is 0 Å². The first kappa shape index (κ1) is 12.9. The maximum absolute atomic E-state index is 12.2. The molecule has 0 aromatic heterocycles. The van der Waals surface area contributed by atoms with Crippen LogP contribution in [-0.4, -0.2) is 18.6 Å². The van der Waals surface area contributed by atoms with Crippen LogP contribution in [-0.2, 0) is 4.79 Å². The Morgan fingerprint density at radius 3 is 2.61 bits per heavy atom. The van der Waals surface area contributed by atoms with Crippen LogP contribution in [0.1, 0.15) is 31.2 Å². The van der Waals surface area contributed by atoms with Gasteiger partial charge in [-0.25, -0.2) is 0 Å². The third kappa shape index (κ3) is 2.48. The highest BCUT2D eigenvalue weighted by Crippen LogP contribution is 2.29. The van der Waals surface area contributed by atoms with E-state index in [1.807, 2.05) is 25.1 Å². The molecule has 0 aliphatic heterocycles. The number of amides is 1. The molecule has 0 spiro atoms. The molecule has 4 heteroatoms. The van der Waals surface area contributed by atoms with E-state index in [1.54, 1.807) is 7.11 Å². The average Bonchev–Trinajstić information content (AvgIpc) is 2.80. The van der Waals surface area contributed by atoms with E-state index >= 15 is 0 Å². The monoisotopic (exact) mass is 248 g/mol. The van der Waals surface area contributed by atoms with Crippen molar-refractivity contribution < 1.29 is 9.53 Å². The van der Waals surface area contributed by atoms with E-state index in [-0.39, 0.29) is 5.91 Å². The molecule has 0 atom stereocenters. The summed E-state index contributed by atoms with van der Waals surface area (Å²) in [5.74, 6) is 0.710. The molecule has 0 bridgehead atoms. The summed E-state index contributed by atoms with van der Waals surface area (Å²) in [6.45, 7) is 1.94. The molecule has 2 rings (SSSR count). The Morgan fingerprint density at radius 1 is 1.39 bits per heavy atom. The zero-order chi connectivity index (χ0) is 13.2. The van der Waals surface area contributed by atoms with E-state index in [1.165, 1.54) is 0 Å². The highest BCUT2D eigenvalue weighted by Gasteiger charge is 2.37. The van der Waals surface area contributed by atoms with E-state index in [9.17, 15) is 4.79 Å². The van der Waals surface area contributed by atoms with Gasteiger partial charge in [0.2, 0.25) is 5.91 Å². The van der Waals surface area contributed by atoms with Crippen molar-refractivity contribution >= 4 is 11.6 Å². The molecule has 98 valence electrons. The van der Waals surface area contributed by atoms with Crippen LogP contribution in [0.3, 0.4) is 0 Å². The molecular weight excluding hydrogens is 228 g/mol. The number of aryl methyl sites for hydroxylation is 1. The predicted molar refractivity (Wildman–Crippen MR) is 71.7 cm³/mol. The lowest BCUT2D eigenvalue weighted by atomic mass is 9.98. The Hall–Kier alpha value is -1.55. The third-order valence-electron chi connectivity index (χ3n) is 3.63. The van der Waals surface area contributed by atoms with Crippen molar-refractivity contribution in [2.24, 2.45) is 5.73 Å². The van der Waals surface area contributed by atoms with Gasteiger partial charge in [-0.05, 0) is 43.5 Å². The van der Waals surface area contributed by atoms with Crippen LogP contribution in [0, 0.1) is 6.92 Å². The van der Waals surface area contributed by atoms with Crippen molar-refractivity contribution in [3.63, 3.8) is 0 Å². The van der Waals surface area contributed by atoms with Gasteiger partial charge in [-0.1, -0.05) is 12.8 Å². The Labute approximate surface area is 108 Å². The number of rotatable bonds is 3. The second-order valence-corrected chi connectivity index (χ2v) is 5.00. The maximum atomic E-state index is 12.2. The van der Waals surface area contributed by atoms with Gasteiger partial charge in [0.05, 0.1) is 12.6 Å². The molecule has 1 amide bonds. The summed E-state index contributed by atoms with van der Waals surface area (Å²) >= 11 is 0. The molecular formula is C14H20N2O2. The zero-order valence-corrected chi connectivity index (χ0v) is 11.0. The fourth-order valence-corrected chi connectivity index (χ4v) is 2.38. The first-order chi connectivity index (χ1) is 8.55. The molecule has 1 saturated carbocycles. The van der Waals surface area contributed by atoms with Crippen LogP contribution >= 0.6 is 0 Å². The quantitative estimate of drug-likeness (QED) is 0.862. The minimum atomic E-state index is -0.688. The number of anilines is 1. The Bertz CT molecular complexity index is 451. The second-order valence-electron chi connectivity index (χ2n) is 5.00. The van der Waals surface area contributed by atoms with Gasteiger partial charge < -0.3 is 15.8 Å². The van der Waals surface area contributed by atoms with E-state index in [0.717, 1.165) is 42.7 Å². The van der Waals surface area contributed by atoms with Gasteiger partial charge in [0.25, 0.3) is 0 Å².